The molecule has 20 heavy (non-hydrogen) atoms. The van der Waals surface area contributed by atoms with Gasteiger partial charge in [0.05, 0.1) is 6.10 Å². The molecule has 1 fully saturated rings. The quantitative estimate of drug-likeness (QED) is 0.929. The molecule has 4 nitrogen and oxygen atoms in total. The Morgan fingerprint density at radius 3 is 2.55 bits per heavy atom. The number of aryl methyl sites for hydroxylation is 2. The first-order valence-corrected chi connectivity index (χ1v) is 7.36. The van der Waals surface area contributed by atoms with Crippen LogP contribution in [0, 0.1) is 0 Å². The van der Waals surface area contributed by atoms with Crippen LogP contribution in [-0.2, 0) is 12.8 Å². The summed E-state index contributed by atoms with van der Waals surface area (Å²) < 4.78 is 5.39. The number of aliphatic hydroxyl groups is 1. The number of aliphatic hydroxyl groups excluding tert-OH is 1. The highest BCUT2D eigenvalue weighted by atomic mass is 16.5. The highest BCUT2D eigenvalue weighted by molar-refractivity contribution is 5.15. The maximum Gasteiger partial charge on any atom is 0.229 e. The Kier molecular flexibility index (Phi) is 4.11. The highest BCUT2D eigenvalue weighted by Crippen LogP contribution is 2.31. The molecule has 1 aliphatic rings. The zero-order valence-electron chi connectivity index (χ0n) is 11.5. The van der Waals surface area contributed by atoms with E-state index in [1.807, 2.05) is 18.2 Å². The minimum absolute atomic E-state index is 0.147. The third-order valence-electron chi connectivity index (χ3n) is 4.01. The first kappa shape index (κ1) is 13.3. The molecule has 1 N–H and O–H groups in total. The van der Waals surface area contributed by atoms with Crippen LogP contribution in [0.5, 0.6) is 0 Å². The Balaban J connectivity index is 1.57. The maximum absolute atomic E-state index is 9.52. The van der Waals surface area contributed by atoms with Gasteiger partial charge in [-0.2, -0.15) is 4.98 Å². The summed E-state index contributed by atoms with van der Waals surface area (Å²) in [4.78, 5) is 4.51. The zero-order valence-corrected chi connectivity index (χ0v) is 11.5. The van der Waals surface area contributed by atoms with Gasteiger partial charge in [-0.15, -0.1) is 0 Å². The topological polar surface area (TPSA) is 59.2 Å². The van der Waals surface area contributed by atoms with Crippen LogP contribution >= 0.6 is 0 Å². The van der Waals surface area contributed by atoms with Crippen LogP contribution in [-0.4, -0.2) is 21.4 Å². The van der Waals surface area contributed by atoms with E-state index < -0.39 is 0 Å². The van der Waals surface area contributed by atoms with E-state index in [9.17, 15) is 5.11 Å². The van der Waals surface area contributed by atoms with Gasteiger partial charge in [-0.05, 0) is 37.7 Å². The molecule has 0 aliphatic heterocycles. The summed E-state index contributed by atoms with van der Waals surface area (Å²) >= 11 is 0. The average molecular weight is 272 g/mol. The molecule has 0 amide bonds. The van der Waals surface area contributed by atoms with Gasteiger partial charge in [0.15, 0.2) is 5.82 Å². The molecule has 1 aromatic heterocycles. The summed E-state index contributed by atoms with van der Waals surface area (Å²) in [5.74, 6) is 1.87. The van der Waals surface area contributed by atoms with Crippen LogP contribution in [0.25, 0.3) is 0 Å². The summed E-state index contributed by atoms with van der Waals surface area (Å²) in [6.45, 7) is 0. The minimum Gasteiger partial charge on any atom is -0.393 e. The minimum atomic E-state index is -0.147. The van der Waals surface area contributed by atoms with Crippen molar-refractivity contribution in [3.8, 4) is 0 Å². The standard InChI is InChI=1S/C16H20N2O2/c19-14-9-7-13(8-10-14)16-17-15(18-20-16)11-6-12-4-2-1-3-5-12/h1-5,13-14,19H,6-11H2. The van der Waals surface area contributed by atoms with Crippen LogP contribution in [0.1, 0.15) is 48.9 Å². The molecule has 0 atom stereocenters. The van der Waals surface area contributed by atoms with Gasteiger partial charge in [0.2, 0.25) is 5.89 Å². The fraction of sp³-hybridized carbons (Fsp3) is 0.500. The Bertz CT molecular complexity index is 530. The van der Waals surface area contributed by atoms with Crippen molar-refractivity contribution in [2.45, 2.75) is 50.5 Å². The van der Waals surface area contributed by atoms with E-state index in [0.29, 0.717) is 5.92 Å². The number of hydrogen-bond acceptors (Lipinski definition) is 4. The summed E-state index contributed by atoms with van der Waals surface area (Å²) in [7, 11) is 0. The summed E-state index contributed by atoms with van der Waals surface area (Å²) in [6.07, 6.45) is 5.17. The number of rotatable bonds is 4. The lowest BCUT2D eigenvalue weighted by molar-refractivity contribution is 0.116. The molecule has 0 radical (unpaired) electrons. The van der Waals surface area contributed by atoms with Crippen LogP contribution in [0.2, 0.25) is 0 Å². The van der Waals surface area contributed by atoms with Crippen molar-refractivity contribution in [1.29, 1.82) is 0 Å². The van der Waals surface area contributed by atoms with E-state index in [1.54, 1.807) is 0 Å². The second-order valence-corrected chi connectivity index (χ2v) is 5.54. The van der Waals surface area contributed by atoms with Gasteiger partial charge in [-0.1, -0.05) is 35.5 Å². The van der Waals surface area contributed by atoms with Gasteiger partial charge in [-0.3, -0.25) is 0 Å². The third kappa shape index (κ3) is 3.25. The number of aromatic nitrogens is 2. The molecule has 1 heterocycles. The van der Waals surface area contributed by atoms with Gasteiger partial charge in [0.1, 0.15) is 0 Å². The van der Waals surface area contributed by atoms with E-state index in [-0.39, 0.29) is 6.10 Å². The van der Waals surface area contributed by atoms with Gasteiger partial charge in [0.25, 0.3) is 0 Å². The fourth-order valence-corrected chi connectivity index (χ4v) is 2.76. The SMILES string of the molecule is OC1CCC(c2nc(CCc3ccccc3)no2)CC1. The largest absolute Gasteiger partial charge is 0.393 e. The molecular weight excluding hydrogens is 252 g/mol. The molecule has 106 valence electrons. The number of nitrogens with zero attached hydrogens (tertiary/aromatic N) is 2. The van der Waals surface area contributed by atoms with Crippen molar-refractivity contribution in [2.75, 3.05) is 0 Å². The molecule has 0 bridgehead atoms. The van der Waals surface area contributed by atoms with E-state index >= 15 is 0 Å². The highest BCUT2D eigenvalue weighted by Gasteiger charge is 2.25. The van der Waals surface area contributed by atoms with E-state index in [2.05, 4.69) is 22.3 Å². The first-order valence-electron chi connectivity index (χ1n) is 7.36. The molecule has 1 aromatic carbocycles. The predicted molar refractivity (Wildman–Crippen MR) is 75.4 cm³/mol. The molecule has 0 unspecified atom stereocenters. The molecule has 1 saturated carbocycles. The van der Waals surface area contributed by atoms with E-state index in [4.69, 9.17) is 4.52 Å². The summed E-state index contributed by atoms with van der Waals surface area (Å²) in [5, 5.41) is 13.6. The molecular formula is C16H20N2O2. The molecule has 1 aliphatic carbocycles. The Morgan fingerprint density at radius 2 is 1.80 bits per heavy atom. The molecule has 2 aromatic rings. The van der Waals surface area contributed by atoms with Gasteiger partial charge >= 0.3 is 0 Å². The van der Waals surface area contributed by atoms with Crippen LogP contribution in [0.15, 0.2) is 34.9 Å². The second kappa shape index (κ2) is 6.18. The van der Waals surface area contributed by atoms with Crippen molar-refractivity contribution in [3.63, 3.8) is 0 Å². The van der Waals surface area contributed by atoms with Crippen LogP contribution in [0.4, 0.5) is 0 Å². The average Bonchev–Trinajstić information content (AvgIpc) is 2.96. The Labute approximate surface area is 118 Å². The summed E-state index contributed by atoms with van der Waals surface area (Å²) in [5.41, 5.74) is 1.29. The van der Waals surface area contributed by atoms with Crippen molar-refractivity contribution in [1.82, 2.24) is 10.1 Å². The second-order valence-electron chi connectivity index (χ2n) is 5.54. The van der Waals surface area contributed by atoms with Crippen molar-refractivity contribution in [3.05, 3.63) is 47.6 Å². The zero-order chi connectivity index (χ0) is 13.8. The lowest BCUT2D eigenvalue weighted by atomic mass is 9.87. The number of benzene rings is 1. The van der Waals surface area contributed by atoms with E-state index in [0.717, 1.165) is 50.2 Å². The molecule has 0 spiro atoms. The van der Waals surface area contributed by atoms with Crippen LogP contribution in [0.3, 0.4) is 0 Å². The normalized spacial score (nSPS) is 22.9. The van der Waals surface area contributed by atoms with Gasteiger partial charge in [0, 0.05) is 12.3 Å². The van der Waals surface area contributed by atoms with Crippen molar-refractivity contribution in [2.24, 2.45) is 0 Å². The molecule has 0 saturated heterocycles. The fourth-order valence-electron chi connectivity index (χ4n) is 2.76. The van der Waals surface area contributed by atoms with Crippen molar-refractivity contribution >= 4 is 0 Å². The maximum atomic E-state index is 9.52. The van der Waals surface area contributed by atoms with Crippen molar-refractivity contribution < 1.29 is 9.63 Å². The lowest BCUT2D eigenvalue weighted by Crippen LogP contribution is -2.17. The summed E-state index contributed by atoms with van der Waals surface area (Å²) in [6, 6.07) is 10.3. The lowest BCUT2D eigenvalue weighted by Gasteiger charge is -2.22. The van der Waals surface area contributed by atoms with Gasteiger partial charge in [-0.25, -0.2) is 0 Å². The van der Waals surface area contributed by atoms with E-state index in [1.165, 1.54) is 5.56 Å². The first-order chi connectivity index (χ1) is 9.81. The number of hydrogen-bond donors (Lipinski definition) is 1. The predicted octanol–water partition coefficient (Wildman–Crippen LogP) is 2.87. The monoisotopic (exact) mass is 272 g/mol. The van der Waals surface area contributed by atoms with Gasteiger partial charge < -0.3 is 9.63 Å². The third-order valence-corrected chi connectivity index (χ3v) is 4.01. The smallest absolute Gasteiger partial charge is 0.229 e. The Morgan fingerprint density at radius 1 is 1.05 bits per heavy atom. The molecule has 4 heteroatoms. The molecule has 3 rings (SSSR count). The Hall–Kier alpha value is -1.68. The van der Waals surface area contributed by atoms with Crippen LogP contribution < -0.4 is 0 Å².